The van der Waals surface area contributed by atoms with E-state index in [0.717, 1.165) is 66.1 Å². The van der Waals surface area contributed by atoms with Gasteiger partial charge in [-0.1, -0.05) is 127 Å². The second-order valence-corrected chi connectivity index (χ2v) is 12.4. The Kier molecular flexibility index (Phi) is 6.48. The fraction of sp³-hybridized carbons (Fsp3) is 0. The smallest absolute Gasteiger partial charge is 0.208 e. The molecule has 0 saturated carbocycles. The van der Waals surface area contributed by atoms with Crippen molar-refractivity contribution in [1.29, 1.82) is 0 Å². The average Bonchev–Trinajstić information content (AvgIpc) is 3.55. The summed E-state index contributed by atoms with van der Waals surface area (Å²) in [6, 6.07) is 46.2. The molecule has 0 aliphatic heterocycles. The molecular formula is C44H28O6. The van der Waals surface area contributed by atoms with Gasteiger partial charge in [-0.2, -0.15) is 0 Å². The number of para-hydroxylation sites is 1. The van der Waals surface area contributed by atoms with Crippen molar-refractivity contribution in [3.63, 3.8) is 0 Å². The van der Waals surface area contributed by atoms with E-state index in [0.29, 0.717) is 16.3 Å². The molecule has 0 unspecified atom stereocenters. The summed E-state index contributed by atoms with van der Waals surface area (Å²) in [5.41, 5.74) is 8.06. The SMILES string of the molecule is Oc1c(O)c(O)c(-c2c3ccccc3c(-c3ccc(-c4c(-c5ccccc5)ccc5oc6ccccc6c45)cc3)c3ccccc23)c(O)c1O. The van der Waals surface area contributed by atoms with Gasteiger partial charge >= 0.3 is 0 Å². The van der Waals surface area contributed by atoms with Crippen molar-refractivity contribution in [1.82, 2.24) is 0 Å². The summed E-state index contributed by atoms with van der Waals surface area (Å²) in [6.07, 6.45) is 0. The van der Waals surface area contributed by atoms with E-state index in [9.17, 15) is 25.5 Å². The Morgan fingerprint density at radius 1 is 0.300 bits per heavy atom. The highest BCUT2D eigenvalue weighted by Crippen LogP contribution is 2.57. The Morgan fingerprint density at radius 3 is 1.34 bits per heavy atom. The van der Waals surface area contributed by atoms with Gasteiger partial charge in [0.05, 0.1) is 5.56 Å². The van der Waals surface area contributed by atoms with Crippen LogP contribution in [0.2, 0.25) is 0 Å². The third kappa shape index (κ3) is 4.22. The van der Waals surface area contributed by atoms with Crippen molar-refractivity contribution < 1.29 is 29.9 Å². The van der Waals surface area contributed by atoms with E-state index in [2.05, 4.69) is 48.5 Å². The van der Waals surface area contributed by atoms with E-state index < -0.39 is 28.7 Å². The average molecular weight is 653 g/mol. The molecule has 240 valence electrons. The first-order valence-electron chi connectivity index (χ1n) is 16.2. The highest BCUT2D eigenvalue weighted by Gasteiger charge is 2.28. The van der Waals surface area contributed by atoms with Crippen molar-refractivity contribution in [2.75, 3.05) is 0 Å². The zero-order valence-electron chi connectivity index (χ0n) is 26.4. The lowest BCUT2D eigenvalue weighted by atomic mass is 9.84. The standard InChI is InChI=1S/C44H28O6/c45-40-39(41(46)43(48)44(49)42(40)47)37-30-14-6-4-12-28(30)35(29-13-5-7-15-31(29)37)25-18-20-26(21-19-25)36-27(24-10-2-1-3-11-24)22-23-34-38(36)32-16-8-9-17-33(32)50-34/h1-23,45-49H. The summed E-state index contributed by atoms with van der Waals surface area (Å²) >= 11 is 0. The zero-order valence-corrected chi connectivity index (χ0v) is 26.4. The molecule has 0 atom stereocenters. The number of furan rings is 1. The van der Waals surface area contributed by atoms with Crippen LogP contribution >= 0.6 is 0 Å². The van der Waals surface area contributed by atoms with Gasteiger partial charge in [0.15, 0.2) is 11.5 Å². The largest absolute Gasteiger partial charge is 0.504 e. The van der Waals surface area contributed by atoms with Gasteiger partial charge in [-0.3, -0.25) is 0 Å². The molecule has 1 heterocycles. The molecular weight excluding hydrogens is 624 g/mol. The summed E-state index contributed by atoms with van der Waals surface area (Å²) in [7, 11) is 0. The minimum atomic E-state index is -0.997. The number of aromatic hydroxyl groups is 5. The molecule has 6 heteroatoms. The lowest BCUT2D eigenvalue weighted by Gasteiger charge is -2.20. The maximum Gasteiger partial charge on any atom is 0.208 e. The number of benzene rings is 8. The van der Waals surface area contributed by atoms with E-state index >= 15 is 0 Å². The Hall–Kier alpha value is -6.92. The molecule has 0 amide bonds. The van der Waals surface area contributed by atoms with Gasteiger partial charge in [-0.15, -0.1) is 0 Å². The molecule has 0 spiro atoms. The maximum absolute atomic E-state index is 11.0. The molecule has 6 nitrogen and oxygen atoms in total. The van der Waals surface area contributed by atoms with Crippen LogP contribution in [0.5, 0.6) is 28.7 Å². The van der Waals surface area contributed by atoms with Crippen LogP contribution < -0.4 is 0 Å². The molecule has 0 bridgehead atoms. The minimum Gasteiger partial charge on any atom is -0.504 e. The second-order valence-electron chi connectivity index (χ2n) is 12.4. The summed E-state index contributed by atoms with van der Waals surface area (Å²) < 4.78 is 6.30. The number of hydrogen-bond donors (Lipinski definition) is 5. The maximum atomic E-state index is 11.0. The Bertz CT molecular complexity index is 2710. The Morgan fingerprint density at radius 2 is 0.760 bits per heavy atom. The van der Waals surface area contributed by atoms with Gasteiger partial charge in [0.25, 0.3) is 0 Å². The van der Waals surface area contributed by atoms with Gasteiger partial charge in [-0.25, -0.2) is 0 Å². The molecule has 9 rings (SSSR count). The third-order valence-corrected chi connectivity index (χ3v) is 9.64. The number of rotatable bonds is 4. The monoisotopic (exact) mass is 652 g/mol. The van der Waals surface area contributed by atoms with Crippen molar-refractivity contribution in [2.45, 2.75) is 0 Å². The highest BCUT2D eigenvalue weighted by molar-refractivity contribution is 6.23. The van der Waals surface area contributed by atoms with Gasteiger partial charge in [0.2, 0.25) is 17.2 Å². The molecule has 0 aliphatic carbocycles. The van der Waals surface area contributed by atoms with E-state index in [4.69, 9.17) is 4.42 Å². The van der Waals surface area contributed by atoms with Crippen LogP contribution in [-0.2, 0) is 0 Å². The van der Waals surface area contributed by atoms with Crippen LogP contribution in [0.3, 0.4) is 0 Å². The summed E-state index contributed by atoms with van der Waals surface area (Å²) in [4.78, 5) is 0. The Balaban J connectivity index is 1.31. The summed E-state index contributed by atoms with van der Waals surface area (Å²) in [6.45, 7) is 0. The summed E-state index contributed by atoms with van der Waals surface area (Å²) in [5, 5.41) is 58.2. The van der Waals surface area contributed by atoms with E-state index in [1.807, 2.05) is 91.0 Å². The predicted molar refractivity (Wildman–Crippen MR) is 199 cm³/mol. The fourth-order valence-electron chi connectivity index (χ4n) is 7.41. The second kappa shape index (κ2) is 11.1. The van der Waals surface area contributed by atoms with E-state index in [1.165, 1.54) is 0 Å². The molecule has 1 aromatic heterocycles. The first-order chi connectivity index (χ1) is 24.4. The fourth-order valence-corrected chi connectivity index (χ4v) is 7.41. The van der Waals surface area contributed by atoms with Crippen LogP contribution in [0.1, 0.15) is 0 Å². The van der Waals surface area contributed by atoms with Crippen LogP contribution in [0.25, 0.3) is 88.0 Å². The first-order valence-corrected chi connectivity index (χ1v) is 16.2. The van der Waals surface area contributed by atoms with Crippen molar-refractivity contribution in [3.05, 3.63) is 140 Å². The van der Waals surface area contributed by atoms with Gasteiger partial charge in [-0.05, 0) is 61.5 Å². The highest BCUT2D eigenvalue weighted by atomic mass is 16.4. The van der Waals surface area contributed by atoms with Crippen LogP contribution in [0.4, 0.5) is 0 Å². The van der Waals surface area contributed by atoms with Crippen molar-refractivity contribution >= 4 is 43.5 Å². The molecule has 9 aromatic rings. The lowest BCUT2D eigenvalue weighted by Crippen LogP contribution is -1.92. The quantitative estimate of drug-likeness (QED) is 0.0734. The Labute approximate surface area is 285 Å². The normalized spacial score (nSPS) is 11.6. The lowest BCUT2D eigenvalue weighted by molar-refractivity contribution is 0.330. The summed E-state index contributed by atoms with van der Waals surface area (Å²) in [5.74, 6) is -4.30. The van der Waals surface area contributed by atoms with Gasteiger partial charge in [0, 0.05) is 21.9 Å². The molecule has 8 aromatic carbocycles. The van der Waals surface area contributed by atoms with Crippen molar-refractivity contribution in [3.8, 4) is 73.3 Å². The number of fused-ring (bicyclic) bond motifs is 5. The molecule has 0 radical (unpaired) electrons. The topological polar surface area (TPSA) is 114 Å². The molecule has 50 heavy (non-hydrogen) atoms. The molecule has 0 saturated heterocycles. The number of phenolic OH excluding ortho intramolecular Hbond substituents is 5. The zero-order chi connectivity index (χ0) is 34.1. The third-order valence-electron chi connectivity index (χ3n) is 9.64. The van der Waals surface area contributed by atoms with Gasteiger partial charge in [0.1, 0.15) is 11.2 Å². The van der Waals surface area contributed by atoms with Crippen LogP contribution in [-0.4, -0.2) is 25.5 Å². The predicted octanol–water partition coefficient (Wildman–Crippen LogP) is 11.1. The molecule has 5 N–H and O–H groups in total. The number of hydrogen-bond acceptors (Lipinski definition) is 6. The number of phenols is 5. The molecule has 0 aliphatic rings. The van der Waals surface area contributed by atoms with Crippen molar-refractivity contribution in [2.24, 2.45) is 0 Å². The van der Waals surface area contributed by atoms with Gasteiger partial charge < -0.3 is 29.9 Å². The first kappa shape index (κ1) is 29.2. The van der Waals surface area contributed by atoms with Crippen LogP contribution in [0.15, 0.2) is 144 Å². The van der Waals surface area contributed by atoms with E-state index in [1.54, 1.807) is 0 Å². The minimum absolute atomic E-state index is 0.180. The van der Waals surface area contributed by atoms with E-state index in [-0.39, 0.29) is 5.56 Å². The van der Waals surface area contributed by atoms with Crippen LogP contribution in [0, 0.1) is 0 Å². The molecule has 0 fully saturated rings.